The van der Waals surface area contributed by atoms with Crippen molar-refractivity contribution >= 4 is 66.5 Å². The minimum Gasteiger partial charge on any atom is -0.337 e. The molecule has 0 amide bonds. The summed E-state index contributed by atoms with van der Waals surface area (Å²) in [5.74, 6) is 0. The van der Waals surface area contributed by atoms with Gasteiger partial charge < -0.3 is 13.7 Å². The average molecular weight is 746 g/mol. The van der Waals surface area contributed by atoms with Crippen molar-refractivity contribution in [2.24, 2.45) is 0 Å². The fourth-order valence-corrected chi connectivity index (χ4v) is 10.3. The van der Waals surface area contributed by atoms with E-state index in [9.17, 15) is 0 Å². The number of fused-ring (bicyclic) bond motifs is 7. The van der Waals surface area contributed by atoms with Crippen LogP contribution in [0.25, 0.3) is 64.8 Å². The van der Waals surface area contributed by atoms with Crippen LogP contribution in [0.4, 0.5) is 0 Å². The van der Waals surface area contributed by atoms with Gasteiger partial charge >= 0.3 is 0 Å². The molecule has 53 heavy (non-hydrogen) atoms. The number of unbranched alkanes of at least 4 members (excludes halogenated alkanes) is 15. The van der Waals surface area contributed by atoms with Gasteiger partial charge in [0.2, 0.25) is 0 Å². The molecular formula is C48H63N3S2. The number of thiophene rings is 2. The molecule has 7 rings (SSSR count). The summed E-state index contributed by atoms with van der Waals surface area (Å²) >= 11 is 3.72. The van der Waals surface area contributed by atoms with Crippen LogP contribution < -0.4 is 0 Å². The van der Waals surface area contributed by atoms with Crippen molar-refractivity contribution in [2.45, 2.75) is 156 Å². The lowest BCUT2D eigenvalue weighted by Gasteiger charge is -2.11. The lowest BCUT2D eigenvalue weighted by molar-refractivity contribution is 0.567. The fourth-order valence-electron chi connectivity index (χ4n) is 8.84. The molecular weight excluding hydrogens is 683 g/mol. The molecule has 5 heterocycles. The van der Waals surface area contributed by atoms with Gasteiger partial charge in [0.05, 0.1) is 33.1 Å². The predicted molar refractivity (Wildman–Crippen MR) is 237 cm³/mol. The molecule has 0 fully saturated rings. The van der Waals surface area contributed by atoms with Crippen LogP contribution in [0.2, 0.25) is 0 Å². The van der Waals surface area contributed by atoms with Gasteiger partial charge in [-0.15, -0.1) is 22.7 Å². The third-order valence-electron chi connectivity index (χ3n) is 11.7. The van der Waals surface area contributed by atoms with Gasteiger partial charge in [0.25, 0.3) is 0 Å². The third kappa shape index (κ3) is 8.37. The van der Waals surface area contributed by atoms with Crippen LogP contribution in [0.1, 0.15) is 136 Å². The Morgan fingerprint density at radius 2 is 0.774 bits per heavy atom. The van der Waals surface area contributed by atoms with Crippen molar-refractivity contribution in [3.8, 4) is 20.9 Å². The highest BCUT2D eigenvalue weighted by molar-refractivity contribution is 7.13. The molecule has 0 atom stereocenters. The first-order chi connectivity index (χ1) is 26.2. The lowest BCUT2D eigenvalue weighted by atomic mass is 10.1. The molecule has 0 bridgehead atoms. The van der Waals surface area contributed by atoms with Crippen molar-refractivity contribution in [2.75, 3.05) is 0 Å². The summed E-state index contributed by atoms with van der Waals surface area (Å²) in [6, 6.07) is 23.7. The van der Waals surface area contributed by atoms with Gasteiger partial charge in [0, 0.05) is 40.2 Å². The second-order valence-electron chi connectivity index (χ2n) is 15.6. The second kappa shape index (κ2) is 18.8. The quantitative estimate of drug-likeness (QED) is 0.0579. The molecule has 5 aromatic heterocycles. The molecule has 5 heteroatoms. The van der Waals surface area contributed by atoms with Crippen molar-refractivity contribution in [1.82, 2.24) is 13.7 Å². The topological polar surface area (TPSA) is 14.8 Å². The molecule has 0 N–H and O–H groups in total. The summed E-state index contributed by atoms with van der Waals surface area (Å²) in [7, 11) is 0. The summed E-state index contributed by atoms with van der Waals surface area (Å²) in [4.78, 5) is 2.72. The Balaban J connectivity index is 1.43. The van der Waals surface area contributed by atoms with Crippen LogP contribution in [0.15, 0.2) is 71.4 Å². The fraction of sp³-hybridized carbons (Fsp3) is 0.500. The third-order valence-corrected chi connectivity index (χ3v) is 13.5. The van der Waals surface area contributed by atoms with E-state index in [0.29, 0.717) is 0 Å². The maximum Gasteiger partial charge on any atom is 0.0922 e. The molecule has 2 aromatic carbocycles. The standard InChI is InChI=1S/C48H63N3S2/c1-4-7-10-13-16-19-30-49-41-28-26-37(43-24-22-33-52-43)35-39(41)45-47(49)48-46(51(45)32-21-18-15-12-9-6-3)40-36-38(44-25-23-34-53-44)27-29-42(40)50(48)31-20-17-14-11-8-5-2/h22-29,33-36H,4-21,30-32H2,1-3H3. The van der Waals surface area contributed by atoms with Crippen molar-refractivity contribution in [3.05, 3.63) is 71.4 Å². The molecule has 0 saturated heterocycles. The molecule has 0 aliphatic rings. The van der Waals surface area contributed by atoms with Crippen LogP contribution in [-0.2, 0) is 19.6 Å². The molecule has 0 spiro atoms. The van der Waals surface area contributed by atoms with Crippen LogP contribution in [0, 0.1) is 0 Å². The van der Waals surface area contributed by atoms with E-state index in [-0.39, 0.29) is 0 Å². The zero-order valence-electron chi connectivity index (χ0n) is 32.9. The molecule has 7 aromatic rings. The van der Waals surface area contributed by atoms with Crippen LogP contribution in [0.5, 0.6) is 0 Å². The molecule has 282 valence electrons. The summed E-state index contributed by atoms with van der Waals surface area (Å²) in [5, 5.41) is 7.31. The first-order valence-electron chi connectivity index (χ1n) is 21.4. The van der Waals surface area contributed by atoms with Crippen LogP contribution in [0.3, 0.4) is 0 Å². The Bertz CT molecular complexity index is 2010. The summed E-state index contributed by atoms with van der Waals surface area (Å²) in [5.41, 5.74) is 11.4. The second-order valence-corrected chi connectivity index (χ2v) is 17.5. The smallest absolute Gasteiger partial charge is 0.0922 e. The summed E-state index contributed by atoms with van der Waals surface area (Å²) in [6.07, 6.45) is 23.7. The van der Waals surface area contributed by atoms with E-state index in [1.54, 1.807) is 0 Å². The molecule has 0 unspecified atom stereocenters. The van der Waals surface area contributed by atoms with Crippen molar-refractivity contribution < 1.29 is 0 Å². The number of nitrogens with zero attached hydrogens (tertiary/aromatic N) is 3. The predicted octanol–water partition coefficient (Wildman–Crippen LogP) is 16.2. The highest BCUT2D eigenvalue weighted by Crippen LogP contribution is 2.44. The summed E-state index contributed by atoms with van der Waals surface area (Å²) < 4.78 is 8.33. The van der Waals surface area contributed by atoms with Gasteiger partial charge in [0.1, 0.15) is 0 Å². The number of aromatic nitrogens is 3. The van der Waals surface area contributed by atoms with E-state index in [1.165, 1.54) is 180 Å². The lowest BCUT2D eigenvalue weighted by Crippen LogP contribution is -2.02. The van der Waals surface area contributed by atoms with E-state index in [0.717, 1.165) is 19.6 Å². The minimum atomic E-state index is 1.07. The van der Waals surface area contributed by atoms with Gasteiger partial charge in [-0.3, -0.25) is 0 Å². The normalized spacial score (nSPS) is 12.1. The van der Waals surface area contributed by atoms with Crippen molar-refractivity contribution in [1.29, 1.82) is 0 Å². The van der Waals surface area contributed by atoms with Gasteiger partial charge in [0.15, 0.2) is 0 Å². The van der Waals surface area contributed by atoms with E-state index in [2.05, 4.69) is 106 Å². The summed E-state index contributed by atoms with van der Waals surface area (Å²) in [6.45, 7) is 10.2. The Morgan fingerprint density at radius 3 is 1.15 bits per heavy atom. The van der Waals surface area contributed by atoms with E-state index >= 15 is 0 Å². The van der Waals surface area contributed by atoms with Gasteiger partial charge in [-0.1, -0.05) is 141 Å². The highest BCUT2D eigenvalue weighted by atomic mass is 32.1. The van der Waals surface area contributed by atoms with E-state index in [4.69, 9.17) is 0 Å². The maximum atomic E-state index is 2.81. The number of benzene rings is 2. The SMILES string of the molecule is CCCCCCCCn1c2ccc(-c3cccs3)cc2c2c1c1c(c3cc(-c4cccs4)ccc3n1CCCCCCCC)n2CCCCCCCC. The first kappa shape index (κ1) is 38.0. The zero-order chi connectivity index (χ0) is 36.4. The largest absolute Gasteiger partial charge is 0.337 e. The number of aryl methyl sites for hydroxylation is 3. The van der Waals surface area contributed by atoms with Crippen LogP contribution in [-0.4, -0.2) is 13.7 Å². The maximum absolute atomic E-state index is 2.81. The van der Waals surface area contributed by atoms with Gasteiger partial charge in [-0.2, -0.15) is 0 Å². The first-order valence-corrected chi connectivity index (χ1v) is 23.2. The molecule has 0 aliphatic heterocycles. The number of rotatable bonds is 23. The Labute approximate surface area is 327 Å². The number of hydrogen-bond acceptors (Lipinski definition) is 2. The Hall–Kier alpha value is -3.28. The highest BCUT2D eigenvalue weighted by Gasteiger charge is 2.26. The minimum absolute atomic E-state index is 1.07. The molecule has 0 radical (unpaired) electrons. The van der Waals surface area contributed by atoms with Gasteiger partial charge in [-0.05, 0) is 77.5 Å². The van der Waals surface area contributed by atoms with Crippen LogP contribution >= 0.6 is 22.7 Å². The monoisotopic (exact) mass is 745 g/mol. The zero-order valence-corrected chi connectivity index (χ0v) is 34.6. The number of hydrogen-bond donors (Lipinski definition) is 0. The molecule has 3 nitrogen and oxygen atoms in total. The average Bonchev–Trinajstić information content (AvgIpc) is 4.03. The van der Waals surface area contributed by atoms with E-state index < -0.39 is 0 Å². The van der Waals surface area contributed by atoms with Crippen molar-refractivity contribution in [3.63, 3.8) is 0 Å². The van der Waals surface area contributed by atoms with Gasteiger partial charge in [-0.25, -0.2) is 0 Å². The Kier molecular flexibility index (Phi) is 13.5. The molecule has 0 aliphatic carbocycles. The Morgan fingerprint density at radius 1 is 0.396 bits per heavy atom. The van der Waals surface area contributed by atoms with E-state index in [1.807, 2.05) is 22.7 Å². The molecule has 0 saturated carbocycles.